The van der Waals surface area contributed by atoms with E-state index in [2.05, 4.69) is 34.6 Å². The highest BCUT2D eigenvalue weighted by molar-refractivity contribution is 7.47. The first-order chi connectivity index (χ1) is 37.5. The molecule has 0 aliphatic carbocycles. The minimum absolute atomic E-state index is 0.105. The Hall–Kier alpha value is -1.94. The molecule has 17 nitrogen and oxygen atoms in total. The monoisotopic (exact) mass is 1160 g/mol. The van der Waals surface area contributed by atoms with E-state index in [4.69, 9.17) is 37.0 Å². The Labute approximate surface area is 473 Å². The second-order valence-electron chi connectivity index (χ2n) is 21.9. The maximum atomic E-state index is 12.9. The minimum atomic E-state index is -4.94. The number of rotatable bonds is 59. The number of ether oxygens (including phenoxy) is 4. The molecule has 0 saturated heterocycles. The number of hydrogen-bond acceptors (Lipinski definition) is 15. The predicted molar refractivity (Wildman–Crippen MR) is 308 cm³/mol. The molecule has 0 aromatic heterocycles. The molecule has 3 N–H and O–H groups in total. The largest absolute Gasteiger partial charge is 0.472 e. The molecule has 78 heavy (non-hydrogen) atoms. The van der Waals surface area contributed by atoms with Crippen molar-refractivity contribution in [1.29, 1.82) is 0 Å². The van der Waals surface area contributed by atoms with Gasteiger partial charge >= 0.3 is 39.5 Å². The average molecular weight is 1160 g/mol. The normalized spacial score (nSPS) is 14.4. The molecule has 0 aromatic carbocycles. The molecule has 462 valence electrons. The molecule has 19 heteroatoms. The summed E-state index contributed by atoms with van der Waals surface area (Å²) in [6.07, 6.45) is 34.9. The van der Waals surface area contributed by atoms with E-state index in [0.29, 0.717) is 25.7 Å². The molecule has 0 heterocycles. The van der Waals surface area contributed by atoms with Crippen molar-refractivity contribution in [3.63, 3.8) is 0 Å². The van der Waals surface area contributed by atoms with Crippen LogP contribution in [0.1, 0.15) is 291 Å². The lowest BCUT2D eigenvalue weighted by molar-refractivity contribution is -0.161. The molecular formula is C59H114O17P2. The zero-order chi connectivity index (χ0) is 57.8. The highest BCUT2D eigenvalue weighted by Crippen LogP contribution is 2.45. The summed E-state index contributed by atoms with van der Waals surface area (Å²) in [6, 6.07) is 0. The SMILES string of the molecule is CCCCCCCCCCCC(=O)OC[C@H](COP(=O)(O)OC[C@@H](O)COP(=O)(O)OC[C@@H](COC(=O)CCCCCCCCC)OC(=O)CCCCCCCCCCC)OC(=O)CCCCCCCCCCCCC(C)C. The first kappa shape index (κ1) is 76.1. The van der Waals surface area contributed by atoms with Crippen molar-refractivity contribution in [2.24, 2.45) is 5.92 Å². The number of hydrogen-bond donors (Lipinski definition) is 3. The van der Waals surface area contributed by atoms with Crippen molar-refractivity contribution in [3.8, 4) is 0 Å². The standard InChI is InChI=1S/C59H114O17P2/c1-6-9-12-15-18-22-28-33-38-43-57(62)70-49-55(76-59(64)45-40-35-30-25-21-20-24-27-31-36-41-52(4)5)51-74-78(67,68)72-47-53(60)46-71-77(65,66)73-50-54(48-69-56(61)42-37-32-26-17-14-11-8-3)75-58(63)44-39-34-29-23-19-16-13-10-7-2/h52-55,60H,6-51H2,1-5H3,(H,65,66)(H,67,68)/t53-,54+,55+/m0/s1. The maximum Gasteiger partial charge on any atom is 0.472 e. The van der Waals surface area contributed by atoms with Crippen molar-refractivity contribution in [3.05, 3.63) is 0 Å². The number of phosphoric acid groups is 2. The highest BCUT2D eigenvalue weighted by Gasteiger charge is 2.30. The molecule has 0 bridgehead atoms. The van der Waals surface area contributed by atoms with Crippen LogP contribution in [0.2, 0.25) is 0 Å². The van der Waals surface area contributed by atoms with E-state index in [0.717, 1.165) is 109 Å². The third kappa shape index (κ3) is 53.4. The summed E-state index contributed by atoms with van der Waals surface area (Å²) >= 11 is 0. The lowest BCUT2D eigenvalue weighted by Gasteiger charge is -2.21. The fraction of sp³-hybridized carbons (Fsp3) is 0.932. The van der Waals surface area contributed by atoms with Crippen LogP contribution in [0.5, 0.6) is 0 Å². The summed E-state index contributed by atoms with van der Waals surface area (Å²) in [5, 5.41) is 10.5. The molecule has 0 amide bonds. The van der Waals surface area contributed by atoms with Crippen LogP contribution in [0.15, 0.2) is 0 Å². The van der Waals surface area contributed by atoms with E-state index in [1.165, 1.54) is 103 Å². The van der Waals surface area contributed by atoms with Gasteiger partial charge in [-0.1, -0.05) is 240 Å². The van der Waals surface area contributed by atoms with Crippen molar-refractivity contribution in [1.82, 2.24) is 0 Å². The van der Waals surface area contributed by atoms with Crippen LogP contribution in [-0.4, -0.2) is 96.7 Å². The molecule has 2 unspecified atom stereocenters. The molecular weight excluding hydrogens is 1040 g/mol. The van der Waals surface area contributed by atoms with Gasteiger partial charge in [0.25, 0.3) is 0 Å². The van der Waals surface area contributed by atoms with E-state index >= 15 is 0 Å². The summed E-state index contributed by atoms with van der Waals surface area (Å²) in [5.74, 6) is -1.39. The molecule has 0 aromatic rings. The van der Waals surface area contributed by atoms with Crippen LogP contribution in [0.25, 0.3) is 0 Å². The highest BCUT2D eigenvalue weighted by atomic mass is 31.2. The van der Waals surface area contributed by atoms with E-state index in [1.807, 2.05) is 0 Å². The summed E-state index contributed by atoms with van der Waals surface area (Å²) < 4.78 is 67.6. The van der Waals surface area contributed by atoms with Gasteiger partial charge in [0.15, 0.2) is 12.2 Å². The summed E-state index contributed by atoms with van der Waals surface area (Å²) in [4.78, 5) is 71.8. The van der Waals surface area contributed by atoms with Crippen LogP contribution in [-0.2, 0) is 65.4 Å². The fourth-order valence-electron chi connectivity index (χ4n) is 8.70. The van der Waals surface area contributed by atoms with Gasteiger partial charge in [0.1, 0.15) is 19.3 Å². The van der Waals surface area contributed by atoms with Crippen molar-refractivity contribution >= 4 is 39.5 Å². The molecule has 0 rings (SSSR count). The Morgan fingerprint density at radius 3 is 0.872 bits per heavy atom. The Morgan fingerprint density at radius 2 is 0.590 bits per heavy atom. The number of phosphoric ester groups is 2. The molecule has 0 fully saturated rings. The Bertz CT molecular complexity index is 1530. The lowest BCUT2D eigenvalue weighted by atomic mass is 10.0. The third-order valence-electron chi connectivity index (χ3n) is 13.5. The quantitative estimate of drug-likeness (QED) is 0.0222. The topological polar surface area (TPSA) is 237 Å². The Kier molecular flexibility index (Phi) is 51.8. The first-order valence-corrected chi connectivity index (χ1v) is 34.1. The third-order valence-corrected chi connectivity index (χ3v) is 15.4. The number of carbonyl (C=O) groups excluding carboxylic acids is 4. The molecule has 0 aliphatic rings. The van der Waals surface area contributed by atoms with Gasteiger partial charge in [-0.05, 0) is 31.6 Å². The van der Waals surface area contributed by atoms with Crippen LogP contribution < -0.4 is 0 Å². The van der Waals surface area contributed by atoms with Gasteiger partial charge in [0.2, 0.25) is 0 Å². The fourth-order valence-corrected chi connectivity index (χ4v) is 10.3. The van der Waals surface area contributed by atoms with E-state index in [1.54, 1.807) is 0 Å². The Morgan fingerprint density at radius 1 is 0.346 bits per heavy atom. The van der Waals surface area contributed by atoms with Gasteiger partial charge in [0.05, 0.1) is 26.4 Å². The molecule has 0 aliphatic heterocycles. The zero-order valence-electron chi connectivity index (χ0n) is 49.8. The van der Waals surface area contributed by atoms with Crippen molar-refractivity contribution < 1.29 is 80.2 Å². The first-order valence-electron chi connectivity index (χ1n) is 31.1. The van der Waals surface area contributed by atoms with Gasteiger partial charge in [-0.2, -0.15) is 0 Å². The average Bonchev–Trinajstić information content (AvgIpc) is 3.40. The van der Waals surface area contributed by atoms with Crippen LogP contribution in [0, 0.1) is 5.92 Å². The summed E-state index contributed by atoms with van der Waals surface area (Å²) in [6.45, 7) is 7.07. The number of carbonyl (C=O) groups is 4. The molecule has 0 saturated carbocycles. The van der Waals surface area contributed by atoms with Crippen LogP contribution >= 0.6 is 15.6 Å². The molecule has 0 radical (unpaired) electrons. The smallest absolute Gasteiger partial charge is 0.462 e. The number of aliphatic hydroxyl groups excluding tert-OH is 1. The summed E-state index contributed by atoms with van der Waals surface area (Å²) in [5.41, 5.74) is 0. The Balaban J connectivity index is 5.20. The second-order valence-corrected chi connectivity index (χ2v) is 24.8. The number of aliphatic hydroxyl groups is 1. The van der Waals surface area contributed by atoms with E-state index < -0.39 is 97.5 Å². The van der Waals surface area contributed by atoms with Crippen LogP contribution in [0.4, 0.5) is 0 Å². The second kappa shape index (κ2) is 53.1. The van der Waals surface area contributed by atoms with Gasteiger partial charge in [0, 0.05) is 25.7 Å². The lowest BCUT2D eigenvalue weighted by Crippen LogP contribution is -2.30. The predicted octanol–water partition coefficient (Wildman–Crippen LogP) is 15.8. The van der Waals surface area contributed by atoms with Crippen molar-refractivity contribution in [2.45, 2.75) is 310 Å². The number of esters is 4. The van der Waals surface area contributed by atoms with Gasteiger partial charge in [-0.25, -0.2) is 9.13 Å². The maximum absolute atomic E-state index is 12.9. The van der Waals surface area contributed by atoms with Gasteiger partial charge in [-0.3, -0.25) is 37.3 Å². The van der Waals surface area contributed by atoms with E-state index in [9.17, 15) is 43.2 Å². The molecule has 5 atom stereocenters. The van der Waals surface area contributed by atoms with Gasteiger partial charge < -0.3 is 33.8 Å². The number of unbranched alkanes of at least 4 members (excludes halogenated alkanes) is 31. The van der Waals surface area contributed by atoms with Gasteiger partial charge in [-0.15, -0.1) is 0 Å². The summed E-state index contributed by atoms with van der Waals surface area (Å²) in [7, 11) is -9.87. The van der Waals surface area contributed by atoms with E-state index in [-0.39, 0.29) is 25.7 Å². The van der Waals surface area contributed by atoms with Crippen molar-refractivity contribution in [2.75, 3.05) is 39.6 Å². The molecule has 0 spiro atoms. The minimum Gasteiger partial charge on any atom is -0.462 e. The zero-order valence-corrected chi connectivity index (χ0v) is 51.6. The van der Waals surface area contributed by atoms with Crippen LogP contribution in [0.3, 0.4) is 0 Å².